The fourth-order valence-corrected chi connectivity index (χ4v) is 3.99. The van der Waals surface area contributed by atoms with Crippen molar-refractivity contribution in [1.82, 2.24) is 0 Å². The summed E-state index contributed by atoms with van der Waals surface area (Å²) in [6, 6.07) is 10.4. The topological polar surface area (TPSA) is 33.0 Å². The third kappa shape index (κ3) is 7.75. The van der Waals surface area contributed by atoms with E-state index in [0.29, 0.717) is 5.92 Å². The molecule has 2 heteroatoms. The highest BCUT2D eigenvalue weighted by atomic mass is 16.5. The summed E-state index contributed by atoms with van der Waals surface area (Å²) in [5, 5.41) is 8.91. The van der Waals surface area contributed by atoms with Crippen LogP contribution in [0.4, 0.5) is 0 Å². The molecule has 0 radical (unpaired) electrons. The van der Waals surface area contributed by atoms with Crippen molar-refractivity contribution in [2.24, 2.45) is 5.92 Å². The molecular formula is C24H35NO. The Bertz CT molecular complexity index is 547. The van der Waals surface area contributed by atoms with Gasteiger partial charge in [0.15, 0.2) is 0 Å². The normalized spacial score (nSPS) is 20.3. The van der Waals surface area contributed by atoms with Gasteiger partial charge in [0.05, 0.1) is 11.6 Å². The van der Waals surface area contributed by atoms with Crippen LogP contribution in [0.2, 0.25) is 0 Å². The summed E-state index contributed by atoms with van der Waals surface area (Å²) in [6.07, 6.45) is 17.2. The molecule has 0 aliphatic heterocycles. The van der Waals surface area contributed by atoms with Crippen LogP contribution in [0.5, 0.6) is 0 Å². The van der Waals surface area contributed by atoms with E-state index in [2.05, 4.69) is 37.3 Å². The van der Waals surface area contributed by atoms with Crippen molar-refractivity contribution in [1.29, 1.82) is 5.26 Å². The zero-order chi connectivity index (χ0) is 18.5. The van der Waals surface area contributed by atoms with Gasteiger partial charge in [0.25, 0.3) is 0 Å². The van der Waals surface area contributed by atoms with Crippen LogP contribution in [0.3, 0.4) is 0 Å². The zero-order valence-corrected chi connectivity index (χ0v) is 16.5. The maximum atomic E-state index is 8.91. The van der Waals surface area contributed by atoms with Gasteiger partial charge in [0, 0.05) is 13.2 Å². The first-order valence-electron chi connectivity index (χ1n) is 10.5. The lowest BCUT2D eigenvalue weighted by molar-refractivity contribution is 0.124. The molecular weight excluding hydrogens is 318 g/mol. The van der Waals surface area contributed by atoms with Gasteiger partial charge >= 0.3 is 0 Å². The third-order valence-electron chi connectivity index (χ3n) is 5.65. The molecule has 26 heavy (non-hydrogen) atoms. The second kappa shape index (κ2) is 12.7. The molecule has 0 aromatic heterocycles. The van der Waals surface area contributed by atoms with Gasteiger partial charge in [0.1, 0.15) is 0 Å². The monoisotopic (exact) mass is 353 g/mol. The quantitative estimate of drug-likeness (QED) is 0.325. The summed E-state index contributed by atoms with van der Waals surface area (Å²) in [5.74, 6) is 1.61. The molecule has 0 heterocycles. The minimum Gasteiger partial charge on any atom is -0.381 e. The van der Waals surface area contributed by atoms with E-state index in [4.69, 9.17) is 10.00 Å². The Kier molecular flexibility index (Phi) is 10.1. The van der Waals surface area contributed by atoms with Crippen LogP contribution < -0.4 is 0 Å². The van der Waals surface area contributed by atoms with Crippen molar-refractivity contribution in [2.45, 2.75) is 77.0 Å². The maximum Gasteiger partial charge on any atom is 0.0991 e. The first kappa shape index (κ1) is 20.7. The number of nitriles is 1. The standard InChI is InChI=1S/C24H35NO/c1-2-3-4-5-7-18-26-19-8-6-9-21-10-14-23(15-11-21)24-16-12-22(20-25)13-17-24/h2-3,12-13,16-17,21,23H,4-11,14-15,18-19H2,1H3. The number of ether oxygens (including phenoxy) is 1. The Morgan fingerprint density at radius 3 is 2.35 bits per heavy atom. The second-order valence-corrected chi connectivity index (χ2v) is 7.62. The molecule has 0 N–H and O–H groups in total. The lowest BCUT2D eigenvalue weighted by Gasteiger charge is -2.29. The number of allylic oxidation sites excluding steroid dienone is 2. The van der Waals surface area contributed by atoms with Crippen LogP contribution in [-0.4, -0.2) is 13.2 Å². The van der Waals surface area contributed by atoms with E-state index in [9.17, 15) is 0 Å². The summed E-state index contributed by atoms with van der Waals surface area (Å²) >= 11 is 0. The van der Waals surface area contributed by atoms with Crippen molar-refractivity contribution in [3.63, 3.8) is 0 Å². The van der Waals surface area contributed by atoms with Gasteiger partial charge in [-0.25, -0.2) is 0 Å². The van der Waals surface area contributed by atoms with Crippen LogP contribution >= 0.6 is 0 Å². The predicted octanol–water partition coefficient (Wildman–Crippen LogP) is 6.77. The maximum absolute atomic E-state index is 8.91. The van der Waals surface area contributed by atoms with E-state index >= 15 is 0 Å². The first-order valence-corrected chi connectivity index (χ1v) is 10.5. The van der Waals surface area contributed by atoms with Crippen LogP contribution in [0.1, 0.15) is 88.2 Å². The molecule has 0 amide bonds. The van der Waals surface area contributed by atoms with Gasteiger partial charge in [-0.15, -0.1) is 0 Å². The van der Waals surface area contributed by atoms with Crippen molar-refractivity contribution < 1.29 is 4.74 Å². The molecule has 142 valence electrons. The van der Waals surface area contributed by atoms with Crippen molar-refractivity contribution in [3.8, 4) is 6.07 Å². The van der Waals surface area contributed by atoms with E-state index < -0.39 is 0 Å². The molecule has 2 rings (SSSR count). The molecule has 0 spiro atoms. The number of rotatable bonds is 11. The van der Waals surface area contributed by atoms with Crippen LogP contribution in [-0.2, 0) is 4.74 Å². The van der Waals surface area contributed by atoms with E-state index in [-0.39, 0.29) is 0 Å². The van der Waals surface area contributed by atoms with Gasteiger partial charge in [-0.2, -0.15) is 5.26 Å². The van der Waals surface area contributed by atoms with Crippen LogP contribution in [0.25, 0.3) is 0 Å². The fraction of sp³-hybridized carbons (Fsp3) is 0.625. The van der Waals surface area contributed by atoms with Crippen molar-refractivity contribution >= 4 is 0 Å². The molecule has 1 aliphatic carbocycles. The Morgan fingerprint density at radius 1 is 1.00 bits per heavy atom. The lowest BCUT2D eigenvalue weighted by Crippen LogP contribution is -2.13. The van der Waals surface area contributed by atoms with E-state index in [0.717, 1.165) is 24.7 Å². The van der Waals surface area contributed by atoms with Gasteiger partial charge in [0.2, 0.25) is 0 Å². The SMILES string of the molecule is CC=CCCCCOCCCCC1CCC(c2ccc(C#N)cc2)CC1. The number of hydrogen-bond acceptors (Lipinski definition) is 2. The molecule has 0 unspecified atom stereocenters. The minimum atomic E-state index is 0.699. The van der Waals surface area contributed by atoms with Crippen LogP contribution in [0.15, 0.2) is 36.4 Å². The lowest BCUT2D eigenvalue weighted by atomic mass is 9.77. The summed E-state index contributed by atoms with van der Waals surface area (Å²) in [6.45, 7) is 3.94. The summed E-state index contributed by atoms with van der Waals surface area (Å²) in [7, 11) is 0. The first-order chi connectivity index (χ1) is 12.8. The van der Waals surface area contributed by atoms with Crippen LogP contribution in [0, 0.1) is 17.2 Å². The molecule has 0 bridgehead atoms. The highest BCUT2D eigenvalue weighted by molar-refractivity contribution is 5.33. The molecule has 1 saturated carbocycles. The Labute approximate surface area is 160 Å². The Balaban J connectivity index is 1.49. The van der Waals surface area contributed by atoms with Crippen molar-refractivity contribution in [2.75, 3.05) is 13.2 Å². The largest absolute Gasteiger partial charge is 0.381 e. The fourth-order valence-electron chi connectivity index (χ4n) is 3.99. The van der Waals surface area contributed by atoms with Crippen molar-refractivity contribution in [3.05, 3.63) is 47.5 Å². The zero-order valence-electron chi connectivity index (χ0n) is 16.5. The molecule has 1 aromatic carbocycles. The predicted molar refractivity (Wildman–Crippen MR) is 109 cm³/mol. The highest BCUT2D eigenvalue weighted by Crippen LogP contribution is 2.37. The summed E-state index contributed by atoms with van der Waals surface area (Å²) < 4.78 is 5.75. The van der Waals surface area contributed by atoms with Gasteiger partial charge in [-0.05, 0) is 87.8 Å². The summed E-state index contributed by atoms with van der Waals surface area (Å²) in [5.41, 5.74) is 2.19. The average molecular weight is 354 g/mol. The molecule has 1 aromatic rings. The number of benzene rings is 1. The third-order valence-corrected chi connectivity index (χ3v) is 5.65. The number of unbranched alkanes of at least 4 members (excludes halogenated alkanes) is 3. The van der Waals surface area contributed by atoms with E-state index in [1.165, 1.54) is 69.8 Å². The molecule has 0 saturated heterocycles. The highest BCUT2D eigenvalue weighted by Gasteiger charge is 2.21. The van der Waals surface area contributed by atoms with Gasteiger partial charge in [-0.3, -0.25) is 0 Å². The molecule has 2 nitrogen and oxygen atoms in total. The van der Waals surface area contributed by atoms with Gasteiger partial charge < -0.3 is 4.74 Å². The van der Waals surface area contributed by atoms with Gasteiger partial charge in [-0.1, -0.05) is 37.1 Å². The number of hydrogen-bond donors (Lipinski definition) is 0. The van der Waals surface area contributed by atoms with E-state index in [1.807, 2.05) is 12.1 Å². The smallest absolute Gasteiger partial charge is 0.0991 e. The van der Waals surface area contributed by atoms with E-state index in [1.54, 1.807) is 0 Å². The number of nitrogens with zero attached hydrogens (tertiary/aromatic N) is 1. The molecule has 1 aliphatic rings. The molecule has 0 atom stereocenters. The summed E-state index contributed by atoms with van der Waals surface area (Å²) in [4.78, 5) is 0. The Morgan fingerprint density at radius 2 is 1.69 bits per heavy atom. The Hall–Kier alpha value is -1.59. The minimum absolute atomic E-state index is 0.699. The molecule has 1 fully saturated rings. The second-order valence-electron chi connectivity index (χ2n) is 7.62. The average Bonchev–Trinajstić information content (AvgIpc) is 2.70.